The number of benzene rings is 1. The van der Waals surface area contributed by atoms with Gasteiger partial charge in [-0.2, -0.15) is 0 Å². The molecule has 1 aromatic carbocycles. The first-order chi connectivity index (χ1) is 12.6. The van der Waals surface area contributed by atoms with Gasteiger partial charge in [-0.25, -0.2) is 0 Å². The fourth-order valence-corrected chi connectivity index (χ4v) is 3.32. The Hall–Kier alpha value is -1.90. The average Bonchev–Trinajstić information content (AvgIpc) is 3.12. The van der Waals surface area contributed by atoms with Crippen LogP contribution in [0.5, 0.6) is 0 Å². The van der Waals surface area contributed by atoms with E-state index in [0.29, 0.717) is 6.54 Å². The number of carbonyl (C=O) groups is 1. The Bertz CT molecular complexity index is 803. The summed E-state index contributed by atoms with van der Waals surface area (Å²) in [6.45, 7) is 6.10. The maximum Gasteiger partial charge on any atom is 0.225 e. The van der Waals surface area contributed by atoms with Crippen LogP contribution in [0.4, 0.5) is 0 Å². The van der Waals surface area contributed by atoms with E-state index in [4.69, 9.17) is 0 Å². The predicted octanol–water partition coefficient (Wildman–Crippen LogP) is 2.77. The number of fused-ring (bicyclic) bond motifs is 1. The molecule has 1 aliphatic rings. The second-order valence-electron chi connectivity index (χ2n) is 6.98. The second-order valence-corrected chi connectivity index (χ2v) is 6.98. The van der Waals surface area contributed by atoms with Crippen molar-refractivity contribution in [1.29, 1.82) is 0 Å². The molecule has 0 aliphatic carbocycles. The summed E-state index contributed by atoms with van der Waals surface area (Å²) in [5.74, 6) is 1.03. The third-order valence-corrected chi connectivity index (χ3v) is 4.74. The van der Waals surface area contributed by atoms with Gasteiger partial charge in [0.1, 0.15) is 0 Å². The summed E-state index contributed by atoms with van der Waals surface area (Å²) in [4.78, 5) is 22.8. The lowest BCUT2D eigenvalue weighted by Gasteiger charge is -2.20. The molecule has 146 valence electrons. The van der Waals surface area contributed by atoms with Crippen LogP contribution < -0.4 is 10.6 Å². The number of hydrogen-bond donors (Lipinski definition) is 2. The van der Waals surface area contributed by atoms with Gasteiger partial charge in [0.2, 0.25) is 5.91 Å². The van der Waals surface area contributed by atoms with Gasteiger partial charge in [0, 0.05) is 50.2 Å². The largest absolute Gasteiger partial charge is 0.352 e. The van der Waals surface area contributed by atoms with E-state index in [1.54, 1.807) is 7.05 Å². The molecule has 27 heavy (non-hydrogen) atoms. The molecule has 0 saturated carbocycles. The van der Waals surface area contributed by atoms with Crippen LogP contribution in [0.3, 0.4) is 0 Å². The second kappa shape index (κ2) is 9.87. The van der Waals surface area contributed by atoms with E-state index < -0.39 is 0 Å². The van der Waals surface area contributed by atoms with Gasteiger partial charge >= 0.3 is 0 Å². The fraction of sp³-hybridized carbons (Fsp3) is 0.450. The molecule has 0 radical (unpaired) electrons. The molecule has 1 saturated heterocycles. The topological polar surface area (TPSA) is 69.6 Å². The van der Waals surface area contributed by atoms with Gasteiger partial charge in [-0.1, -0.05) is 32.0 Å². The zero-order valence-electron chi connectivity index (χ0n) is 16.1. The van der Waals surface area contributed by atoms with Gasteiger partial charge in [0.05, 0.1) is 5.52 Å². The zero-order chi connectivity index (χ0) is 18.5. The molecular formula is C20H28IN5O. The van der Waals surface area contributed by atoms with Crippen molar-refractivity contribution in [2.24, 2.45) is 10.9 Å². The van der Waals surface area contributed by atoms with Gasteiger partial charge < -0.3 is 15.5 Å². The Kier molecular flexibility index (Phi) is 7.82. The number of likely N-dealkylation sites (tertiary alicyclic amines) is 1. The normalized spacial score (nSPS) is 17.1. The van der Waals surface area contributed by atoms with Gasteiger partial charge in [0.15, 0.2) is 5.96 Å². The number of carbonyl (C=O) groups excluding carboxylic acids is 1. The van der Waals surface area contributed by atoms with Crippen molar-refractivity contribution in [3.05, 3.63) is 42.1 Å². The summed E-state index contributed by atoms with van der Waals surface area (Å²) < 4.78 is 0. The average molecular weight is 481 g/mol. The number of nitrogens with one attached hydrogen (secondary N) is 2. The van der Waals surface area contributed by atoms with Crippen molar-refractivity contribution in [2.75, 3.05) is 20.1 Å². The standard InChI is InChI=1S/C20H27N5O.HI/c1-14(2)19(26)25-11-9-16(13-25)24-20(21-3)23-12-15-8-10-22-18-7-5-4-6-17(15)18;/h4-8,10,14,16H,9,11-13H2,1-3H3,(H2,21,23,24);1H. The molecule has 1 unspecified atom stereocenters. The van der Waals surface area contributed by atoms with E-state index in [-0.39, 0.29) is 41.8 Å². The summed E-state index contributed by atoms with van der Waals surface area (Å²) >= 11 is 0. The number of aliphatic imine (C=N–C) groups is 1. The van der Waals surface area contributed by atoms with Crippen molar-refractivity contribution >= 4 is 46.7 Å². The Balaban J connectivity index is 0.00000261. The van der Waals surface area contributed by atoms with E-state index in [9.17, 15) is 4.79 Å². The van der Waals surface area contributed by atoms with Crippen molar-refractivity contribution < 1.29 is 4.79 Å². The number of rotatable bonds is 4. The van der Waals surface area contributed by atoms with Crippen LogP contribution in [0.15, 0.2) is 41.5 Å². The number of hydrogen-bond acceptors (Lipinski definition) is 3. The SMILES string of the molecule is CN=C(NCc1ccnc2ccccc12)NC1CCN(C(=O)C(C)C)C1.I. The van der Waals surface area contributed by atoms with Crippen molar-refractivity contribution in [3.63, 3.8) is 0 Å². The third-order valence-electron chi connectivity index (χ3n) is 4.74. The lowest BCUT2D eigenvalue weighted by atomic mass is 10.1. The van der Waals surface area contributed by atoms with E-state index >= 15 is 0 Å². The monoisotopic (exact) mass is 481 g/mol. The molecule has 1 atom stereocenters. The minimum atomic E-state index is 0. The minimum Gasteiger partial charge on any atom is -0.352 e. The smallest absolute Gasteiger partial charge is 0.225 e. The number of aromatic nitrogens is 1. The first kappa shape index (κ1) is 21.4. The first-order valence-corrected chi connectivity index (χ1v) is 9.17. The van der Waals surface area contributed by atoms with Crippen LogP contribution in [0.1, 0.15) is 25.8 Å². The summed E-state index contributed by atoms with van der Waals surface area (Å²) in [6.07, 6.45) is 2.78. The molecule has 2 aromatic rings. The zero-order valence-corrected chi connectivity index (χ0v) is 18.4. The van der Waals surface area contributed by atoms with Crippen LogP contribution in [-0.2, 0) is 11.3 Å². The van der Waals surface area contributed by atoms with Crippen LogP contribution in [0.2, 0.25) is 0 Å². The minimum absolute atomic E-state index is 0. The molecule has 1 aromatic heterocycles. The highest BCUT2D eigenvalue weighted by atomic mass is 127. The number of pyridine rings is 1. The maximum atomic E-state index is 12.1. The van der Waals surface area contributed by atoms with Crippen molar-refractivity contribution in [2.45, 2.75) is 32.9 Å². The molecule has 1 fully saturated rings. The van der Waals surface area contributed by atoms with E-state index in [0.717, 1.165) is 36.4 Å². The molecule has 7 heteroatoms. The maximum absolute atomic E-state index is 12.1. The van der Waals surface area contributed by atoms with Gasteiger partial charge in [-0.3, -0.25) is 14.8 Å². The summed E-state index contributed by atoms with van der Waals surface area (Å²) in [6, 6.07) is 10.4. The predicted molar refractivity (Wildman–Crippen MR) is 120 cm³/mol. The third kappa shape index (κ3) is 5.31. The van der Waals surface area contributed by atoms with E-state index in [2.05, 4.69) is 26.7 Å². The number of para-hydroxylation sites is 1. The summed E-state index contributed by atoms with van der Waals surface area (Å²) in [7, 11) is 1.77. The molecule has 1 amide bonds. The molecule has 6 nitrogen and oxygen atoms in total. The highest BCUT2D eigenvalue weighted by Gasteiger charge is 2.27. The fourth-order valence-electron chi connectivity index (χ4n) is 3.32. The Labute approximate surface area is 177 Å². The molecule has 0 bridgehead atoms. The van der Waals surface area contributed by atoms with E-state index in [1.165, 1.54) is 5.56 Å². The van der Waals surface area contributed by atoms with Crippen LogP contribution in [0.25, 0.3) is 10.9 Å². The molecule has 2 N–H and O–H groups in total. The highest BCUT2D eigenvalue weighted by Crippen LogP contribution is 2.16. The Morgan fingerprint density at radius 3 is 2.85 bits per heavy atom. The summed E-state index contributed by atoms with van der Waals surface area (Å²) in [5.41, 5.74) is 2.18. The van der Waals surface area contributed by atoms with Crippen molar-refractivity contribution in [3.8, 4) is 0 Å². The molecule has 2 heterocycles. The number of amides is 1. The van der Waals surface area contributed by atoms with Gasteiger partial charge in [-0.15, -0.1) is 24.0 Å². The molecule has 0 spiro atoms. The first-order valence-electron chi connectivity index (χ1n) is 9.17. The number of halogens is 1. The quantitative estimate of drug-likeness (QED) is 0.401. The molecule has 1 aliphatic heterocycles. The van der Waals surface area contributed by atoms with Crippen LogP contribution in [0, 0.1) is 5.92 Å². The highest BCUT2D eigenvalue weighted by molar-refractivity contribution is 14.0. The lowest BCUT2D eigenvalue weighted by molar-refractivity contribution is -0.133. The number of nitrogens with zero attached hydrogens (tertiary/aromatic N) is 3. The molecule has 3 rings (SSSR count). The van der Waals surface area contributed by atoms with Gasteiger partial charge in [0.25, 0.3) is 0 Å². The van der Waals surface area contributed by atoms with Crippen LogP contribution in [-0.4, -0.2) is 47.9 Å². The molecular weight excluding hydrogens is 453 g/mol. The van der Waals surface area contributed by atoms with E-state index in [1.807, 2.05) is 49.2 Å². The van der Waals surface area contributed by atoms with Crippen LogP contribution >= 0.6 is 24.0 Å². The van der Waals surface area contributed by atoms with Crippen molar-refractivity contribution in [1.82, 2.24) is 20.5 Å². The summed E-state index contributed by atoms with van der Waals surface area (Å²) in [5, 5.41) is 7.96. The van der Waals surface area contributed by atoms with Gasteiger partial charge in [-0.05, 0) is 24.1 Å². The number of guanidine groups is 1. The Morgan fingerprint density at radius 2 is 2.11 bits per heavy atom. The lowest BCUT2D eigenvalue weighted by Crippen LogP contribution is -2.45. The Morgan fingerprint density at radius 1 is 1.33 bits per heavy atom.